The molecule has 96 valence electrons. The number of benzene rings is 2. The average Bonchev–Trinajstić information content (AvgIpc) is 2.82. The van der Waals surface area contributed by atoms with Crippen LogP contribution in [0.3, 0.4) is 0 Å². The number of fused-ring (bicyclic) bond motifs is 1. The largest absolute Gasteiger partial charge is 0.0843 e. The SMILES string of the molecule is CC(C)c1ccc(Cl)cc1C1=CCc2ccccc21. The van der Waals surface area contributed by atoms with E-state index < -0.39 is 0 Å². The lowest BCUT2D eigenvalue weighted by molar-refractivity contribution is 0.863. The Labute approximate surface area is 119 Å². The van der Waals surface area contributed by atoms with Crippen LogP contribution in [0, 0.1) is 0 Å². The van der Waals surface area contributed by atoms with E-state index in [-0.39, 0.29) is 0 Å². The molecule has 0 aromatic heterocycles. The van der Waals surface area contributed by atoms with Gasteiger partial charge < -0.3 is 0 Å². The first-order chi connectivity index (χ1) is 9.16. The zero-order valence-electron chi connectivity index (χ0n) is 11.3. The summed E-state index contributed by atoms with van der Waals surface area (Å²) in [6.45, 7) is 4.46. The summed E-state index contributed by atoms with van der Waals surface area (Å²) in [4.78, 5) is 0. The van der Waals surface area contributed by atoms with Gasteiger partial charge in [0.05, 0.1) is 0 Å². The Bertz CT molecular complexity index is 650. The van der Waals surface area contributed by atoms with E-state index in [4.69, 9.17) is 11.6 Å². The summed E-state index contributed by atoms with van der Waals surface area (Å²) in [5, 5.41) is 0.810. The second-order valence-corrected chi connectivity index (χ2v) is 5.80. The number of hydrogen-bond donors (Lipinski definition) is 0. The van der Waals surface area contributed by atoms with Crippen molar-refractivity contribution in [1.29, 1.82) is 0 Å². The third kappa shape index (κ3) is 2.21. The molecule has 0 spiro atoms. The smallest absolute Gasteiger partial charge is 0.0412 e. The maximum absolute atomic E-state index is 6.20. The molecule has 19 heavy (non-hydrogen) atoms. The molecular formula is C18H17Cl. The molecule has 1 aliphatic carbocycles. The fraction of sp³-hybridized carbons (Fsp3) is 0.222. The molecule has 1 aliphatic rings. The molecule has 3 rings (SSSR count). The quantitative estimate of drug-likeness (QED) is 0.679. The molecule has 0 saturated heterocycles. The van der Waals surface area contributed by atoms with Crippen LogP contribution < -0.4 is 0 Å². The molecule has 0 fully saturated rings. The predicted molar refractivity (Wildman–Crippen MR) is 82.8 cm³/mol. The maximum Gasteiger partial charge on any atom is 0.0412 e. The van der Waals surface area contributed by atoms with E-state index in [9.17, 15) is 0 Å². The van der Waals surface area contributed by atoms with Crippen molar-refractivity contribution in [2.24, 2.45) is 0 Å². The monoisotopic (exact) mass is 268 g/mol. The lowest BCUT2D eigenvalue weighted by Gasteiger charge is -2.15. The van der Waals surface area contributed by atoms with E-state index in [0.717, 1.165) is 11.4 Å². The average molecular weight is 269 g/mol. The molecule has 0 N–H and O–H groups in total. The molecule has 0 aliphatic heterocycles. The van der Waals surface area contributed by atoms with Crippen LogP contribution in [0.5, 0.6) is 0 Å². The third-order valence-corrected chi connectivity index (χ3v) is 4.00. The normalized spacial score (nSPS) is 13.6. The summed E-state index contributed by atoms with van der Waals surface area (Å²) < 4.78 is 0. The first-order valence-electron chi connectivity index (χ1n) is 6.75. The summed E-state index contributed by atoms with van der Waals surface area (Å²) in [5.41, 5.74) is 6.75. The van der Waals surface area contributed by atoms with Gasteiger partial charge in [-0.1, -0.05) is 61.9 Å². The lowest BCUT2D eigenvalue weighted by atomic mass is 9.90. The van der Waals surface area contributed by atoms with Crippen molar-refractivity contribution in [3.8, 4) is 0 Å². The van der Waals surface area contributed by atoms with E-state index in [1.54, 1.807) is 0 Å². The number of rotatable bonds is 2. The summed E-state index contributed by atoms with van der Waals surface area (Å²) >= 11 is 6.20. The molecule has 0 heterocycles. The molecule has 0 nitrogen and oxygen atoms in total. The molecule has 2 aromatic carbocycles. The second kappa shape index (κ2) is 4.86. The highest BCUT2D eigenvalue weighted by Gasteiger charge is 2.18. The van der Waals surface area contributed by atoms with Crippen molar-refractivity contribution in [2.45, 2.75) is 26.2 Å². The van der Waals surface area contributed by atoms with Crippen LogP contribution in [0.15, 0.2) is 48.5 Å². The highest BCUT2D eigenvalue weighted by atomic mass is 35.5. The zero-order valence-corrected chi connectivity index (χ0v) is 12.0. The lowest BCUT2D eigenvalue weighted by Crippen LogP contribution is -1.96. The standard InChI is InChI=1S/C18H17Cl/c1-12(2)15-10-8-14(19)11-18(15)17-9-7-13-5-3-4-6-16(13)17/h3-6,8-12H,7H2,1-2H3. The Morgan fingerprint density at radius 3 is 2.58 bits per heavy atom. The van der Waals surface area contributed by atoms with Crippen molar-refractivity contribution in [3.63, 3.8) is 0 Å². The van der Waals surface area contributed by atoms with E-state index in [0.29, 0.717) is 5.92 Å². The van der Waals surface area contributed by atoms with Gasteiger partial charge >= 0.3 is 0 Å². The fourth-order valence-electron chi connectivity index (χ4n) is 2.80. The van der Waals surface area contributed by atoms with Crippen LogP contribution in [0.1, 0.15) is 42.0 Å². The fourth-order valence-corrected chi connectivity index (χ4v) is 2.98. The van der Waals surface area contributed by atoms with Gasteiger partial charge in [-0.2, -0.15) is 0 Å². The van der Waals surface area contributed by atoms with Crippen LogP contribution in [0.4, 0.5) is 0 Å². The summed E-state index contributed by atoms with van der Waals surface area (Å²) in [6.07, 6.45) is 3.35. The van der Waals surface area contributed by atoms with Crippen molar-refractivity contribution >= 4 is 17.2 Å². The number of hydrogen-bond acceptors (Lipinski definition) is 0. The van der Waals surface area contributed by atoms with E-state index in [2.05, 4.69) is 56.3 Å². The molecule has 0 bridgehead atoms. The predicted octanol–water partition coefficient (Wildman–Crippen LogP) is 5.45. The van der Waals surface area contributed by atoms with E-state index in [1.165, 1.54) is 27.8 Å². The Morgan fingerprint density at radius 1 is 1.00 bits per heavy atom. The summed E-state index contributed by atoms with van der Waals surface area (Å²) in [6, 6.07) is 14.9. The Balaban J connectivity index is 2.16. The third-order valence-electron chi connectivity index (χ3n) is 3.76. The van der Waals surface area contributed by atoms with Crippen LogP contribution in [-0.2, 0) is 6.42 Å². The second-order valence-electron chi connectivity index (χ2n) is 5.37. The first kappa shape index (κ1) is 12.5. The van der Waals surface area contributed by atoms with Crippen LogP contribution >= 0.6 is 11.6 Å². The van der Waals surface area contributed by atoms with Gasteiger partial charge in [-0.05, 0) is 52.3 Å². The Kier molecular flexibility index (Phi) is 3.20. The topological polar surface area (TPSA) is 0 Å². The summed E-state index contributed by atoms with van der Waals surface area (Å²) in [5.74, 6) is 0.501. The van der Waals surface area contributed by atoms with Crippen molar-refractivity contribution in [3.05, 3.63) is 75.8 Å². The molecule has 0 atom stereocenters. The zero-order chi connectivity index (χ0) is 13.4. The first-order valence-corrected chi connectivity index (χ1v) is 7.13. The van der Waals surface area contributed by atoms with Gasteiger partial charge in [0.1, 0.15) is 0 Å². The van der Waals surface area contributed by atoms with Gasteiger partial charge in [0, 0.05) is 5.02 Å². The van der Waals surface area contributed by atoms with E-state index >= 15 is 0 Å². The molecular weight excluding hydrogens is 252 g/mol. The molecule has 0 radical (unpaired) electrons. The van der Waals surface area contributed by atoms with Gasteiger partial charge in [-0.25, -0.2) is 0 Å². The minimum atomic E-state index is 0.501. The van der Waals surface area contributed by atoms with Crippen LogP contribution in [-0.4, -0.2) is 0 Å². The Morgan fingerprint density at radius 2 is 1.79 bits per heavy atom. The minimum Gasteiger partial charge on any atom is -0.0843 e. The van der Waals surface area contributed by atoms with Crippen molar-refractivity contribution in [1.82, 2.24) is 0 Å². The molecule has 1 heteroatoms. The molecule has 0 unspecified atom stereocenters. The van der Waals surface area contributed by atoms with Crippen LogP contribution in [0.2, 0.25) is 5.02 Å². The van der Waals surface area contributed by atoms with Crippen molar-refractivity contribution in [2.75, 3.05) is 0 Å². The van der Waals surface area contributed by atoms with Crippen LogP contribution in [0.25, 0.3) is 5.57 Å². The van der Waals surface area contributed by atoms with E-state index in [1.807, 2.05) is 6.07 Å². The number of halogens is 1. The Hall–Kier alpha value is -1.53. The van der Waals surface area contributed by atoms with Gasteiger partial charge in [0.2, 0.25) is 0 Å². The van der Waals surface area contributed by atoms with Gasteiger partial charge in [0.15, 0.2) is 0 Å². The van der Waals surface area contributed by atoms with Gasteiger partial charge in [-0.15, -0.1) is 0 Å². The summed E-state index contributed by atoms with van der Waals surface area (Å²) in [7, 11) is 0. The van der Waals surface area contributed by atoms with Gasteiger partial charge in [0.25, 0.3) is 0 Å². The maximum atomic E-state index is 6.20. The highest BCUT2D eigenvalue weighted by molar-refractivity contribution is 6.30. The molecule has 0 saturated carbocycles. The van der Waals surface area contributed by atoms with Crippen molar-refractivity contribution < 1.29 is 0 Å². The molecule has 0 amide bonds. The highest BCUT2D eigenvalue weighted by Crippen LogP contribution is 2.37. The minimum absolute atomic E-state index is 0.501. The molecule has 2 aromatic rings. The van der Waals surface area contributed by atoms with Gasteiger partial charge in [-0.3, -0.25) is 0 Å². The number of allylic oxidation sites excluding steroid dienone is 1.